The van der Waals surface area contributed by atoms with E-state index in [2.05, 4.69) is 6.58 Å². The molecule has 252 valence electrons. The van der Waals surface area contributed by atoms with Gasteiger partial charge in [0, 0.05) is 18.3 Å². The Morgan fingerprint density at radius 3 is 1.85 bits per heavy atom. The number of ketones is 1. The molecule has 0 amide bonds. The van der Waals surface area contributed by atoms with Crippen molar-refractivity contribution in [1.29, 1.82) is 0 Å². The minimum atomic E-state index is -2.73. The van der Waals surface area contributed by atoms with Crippen LogP contribution in [0.5, 0.6) is 0 Å². The van der Waals surface area contributed by atoms with Crippen molar-refractivity contribution in [3.05, 3.63) is 84.4 Å². The first-order chi connectivity index (χ1) is 21.9. The van der Waals surface area contributed by atoms with E-state index in [-0.39, 0.29) is 17.5 Å². The number of ether oxygens (including phenoxy) is 3. The highest BCUT2D eigenvalue weighted by Gasteiger charge is 2.79. The predicted octanol–water partition coefficient (Wildman–Crippen LogP) is 2.64. The Kier molecular flexibility index (Phi) is 8.77. The quantitative estimate of drug-likeness (QED) is 0.205. The van der Waals surface area contributed by atoms with Crippen LogP contribution in [0, 0.1) is 28.6 Å². The Morgan fingerprint density at radius 1 is 0.851 bits per heavy atom. The van der Waals surface area contributed by atoms with E-state index < -0.39 is 94.0 Å². The number of carbonyl (C=O) groups excluding carboxylic acids is 4. The van der Waals surface area contributed by atoms with Gasteiger partial charge in [-0.05, 0) is 48.9 Å². The SMILES string of the molecule is C=CC1C(OC(=O)c2ccccc2)C2C(O)(C(=O)C1(C)O)C(OC(C)=O)CC1C(C)(C)C(O)C(O)C(OC(=O)c3ccccc3)C12C. The maximum Gasteiger partial charge on any atom is 0.338 e. The fraction of sp³-hybridized carbons (Fsp3) is 0.500. The average molecular weight is 651 g/mol. The van der Waals surface area contributed by atoms with Crippen molar-refractivity contribution in [2.45, 2.75) is 82.8 Å². The molecule has 11 unspecified atom stereocenters. The van der Waals surface area contributed by atoms with Gasteiger partial charge in [-0.3, -0.25) is 9.59 Å². The number of esters is 3. The fourth-order valence-electron chi connectivity index (χ4n) is 8.74. The molecular weight excluding hydrogens is 608 g/mol. The summed E-state index contributed by atoms with van der Waals surface area (Å²) in [5, 5.41) is 47.8. The molecule has 3 aliphatic rings. The number of hydrogen-bond donors (Lipinski definition) is 4. The summed E-state index contributed by atoms with van der Waals surface area (Å²) in [6.07, 6.45) is -6.92. The molecule has 2 aromatic rings. The summed E-state index contributed by atoms with van der Waals surface area (Å²) in [6, 6.07) is 15.9. The molecule has 3 aliphatic carbocycles. The molecule has 0 spiro atoms. The van der Waals surface area contributed by atoms with E-state index in [1.54, 1.807) is 57.2 Å². The van der Waals surface area contributed by atoms with Crippen molar-refractivity contribution >= 4 is 23.7 Å². The molecule has 11 atom stereocenters. The van der Waals surface area contributed by atoms with Crippen LogP contribution in [0.3, 0.4) is 0 Å². The second kappa shape index (κ2) is 12.0. The summed E-state index contributed by atoms with van der Waals surface area (Å²) in [5.41, 5.74) is -7.69. The largest absolute Gasteiger partial charge is 0.459 e. The van der Waals surface area contributed by atoms with E-state index in [1.165, 1.54) is 30.3 Å². The number of aliphatic hydroxyl groups excluding tert-OH is 2. The molecule has 11 nitrogen and oxygen atoms in total. The smallest absolute Gasteiger partial charge is 0.338 e. The molecule has 4 N–H and O–H groups in total. The molecule has 0 radical (unpaired) electrons. The van der Waals surface area contributed by atoms with Crippen molar-refractivity contribution in [2.75, 3.05) is 0 Å². The van der Waals surface area contributed by atoms with Gasteiger partial charge in [0.05, 0.1) is 23.1 Å². The van der Waals surface area contributed by atoms with Gasteiger partial charge in [-0.1, -0.05) is 63.2 Å². The van der Waals surface area contributed by atoms with Crippen LogP contribution >= 0.6 is 0 Å². The van der Waals surface area contributed by atoms with Gasteiger partial charge in [0.15, 0.2) is 11.4 Å². The van der Waals surface area contributed by atoms with E-state index in [1.807, 2.05) is 0 Å². The summed E-state index contributed by atoms with van der Waals surface area (Å²) >= 11 is 0. The summed E-state index contributed by atoms with van der Waals surface area (Å²) in [4.78, 5) is 54.2. The number of hydrogen-bond acceptors (Lipinski definition) is 11. The third kappa shape index (κ3) is 5.20. The first-order valence-electron chi connectivity index (χ1n) is 15.6. The zero-order valence-electron chi connectivity index (χ0n) is 27.0. The number of carbonyl (C=O) groups is 4. The Balaban J connectivity index is 1.78. The van der Waals surface area contributed by atoms with Crippen LogP contribution in [0.25, 0.3) is 0 Å². The molecule has 11 heteroatoms. The van der Waals surface area contributed by atoms with Crippen LogP contribution in [0.2, 0.25) is 0 Å². The molecule has 2 aromatic carbocycles. The minimum Gasteiger partial charge on any atom is -0.459 e. The highest BCUT2D eigenvalue weighted by Crippen LogP contribution is 2.67. The Labute approximate surface area is 273 Å². The number of Topliss-reactive ketones (excluding diaryl/α,β-unsaturated/α-hetero) is 1. The molecule has 0 aliphatic heterocycles. The van der Waals surface area contributed by atoms with Crippen LogP contribution < -0.4 is 0 Å². The molecular formula is C36H42O11. The predicted molar refractivity (Wildman–Crippen MR) is 167 cm³/mol. The van der Waals surface area contributed by atoms with Gasteiger partial charge in [-0.15, -0.1) is 6.58 Å². The van der Waals surface area contributed by atoms with Gasteiger partial charge >= 0.3 is 17.9 Å². The van der Waals surface area contributed by atoms with Crippen LogP contribution in [-0.4, -0.2) is 85.8 Å². The van der Waals surface area contributed by atoms with E-state index in [4.69, 9.17) is 14.2 Å². The Morgan fingerprint density at radius 2 is 1.36 bits per heavy atom. The highest BCUT2D eigenvalue weighted by atomic mass is 16.6. The van der Waals surface area contributed by atoms with Crippen LogP contribution in [0.15, 0.2) is 73.3 Å². The van der Waals surface area contributed by atoms with E-state index in [9.17, 15) is 39.6 Å². The summed E-state index contributed by atoms with van der Waals surface area (Å²) in [6.45, 7) is 11.0. The number of aliphatic hydroxyl groups is 4. The lowest BCUT2D eigenvalue weighted by molar-refractivity contribution is -0.319. The average Bonchev–Trinajstić information content (AvgIpc) is 3.03. The first-order valence-corrected chi connectivity index (χ1v) is 15.6. The lowest BCUT2D eigenvalue weighted by Gasteiger charge is -2.69. The minimum absolute atomic E-state index is 0.135. The third-order valence-electron chi connectivity index (χ3n) is 11.0. The van der Waals surface area contributed by atoms with Crippen molar-refractivity contribution in [3.63, 3.8) is 0 Å². The second-order valence-electron chi connectivity index (χ2n) is 14.0. The van der Waals surface area contributed by atoms with E-state index in [0.29, 0.717) is 0 Å². The zero-order chi connectivity index (χ0) is 34.7. The van der Waals surface area contributed by atoms with Gasteiger partial charge in [0.2, 0.25) is 0 Å². The van der Waals surface area contributed by atoms with Gasteiger partial charge in [0.1, 0.15) is 30.0 Å². The zero-order valence-corrected chi connectivity index (χ0v) is 27.0. The molecule has 0 heterocycles. The lowest BCUT2D eigenvalue weighted by atomic mass is 9.38. The van der Waals surface area contributed by atoms with Crippen LogP contribution in [0.1, 0.15) is 61.8 Å². The molecule has 0 aromatic heterocycles. The second-order valence-corrected chi connectivity index (χ2v) is 14.0. The topological polar surface area (TPSA) is 177 Å². The Hall–Kier alpha value is -3.90. The standard InChI is InChI=1S/C36H42O11/c1-7-22-26(46-30(40)20-14-10-8-11-15-20)27-34(5)23(18-24(45-19(2)37)36(27,44)32(42)35(22,6)43)33(3,4)28(39)25(38)29(34)47-31(41)21-16-12-9-13-17-21/h7-17,22-29,38-39,43-44H,1,18H2,2-6H3. The number of fused-ring (bicyclic) bond motifs is 3. The summed E-state index contributed by atoms with van der Waals surface area (Å²) in [5.74, 6) is -7.38. The van der Waals surface area contributed by atoms with Crippen molar-refractivity contribution < 1.29 is 53.8 Å². The van der Waals surface area contributed by atoms with E-state index >= 15 is 0 Å². The maximum absolute atomic E-state index is 14.4. The molecule has 47 heavy (non-hydrogen) atoms. The lowest BCUT2D eigenvalue weighted by Crippen LogP contribution is -2.83. The third-order valence-corrected chi connectivity index (χ3v) is 11.0. The van der Waals surface area contributed by atoms with E-state index in [0.717, 1.165) is 13.8 Å². The monoisotopic (exact) mass is 650 g/mol. The van der Waals surface area contributed by atoms with Crippen molar-refractivity contribution in [1.82, 2.24) is 0 Å². The van der Waals surface area contributed by atoms with Crippen molar-refractivity contribution in [2.24, 2.45) is 28.6 Å². The Bertz CT molecular complexity index is 1550. The van der Waals surface area contributed by atoms with Crippen molar-refractivity contribution in [3.8, 4) is 0 Å². The normalized spacial score (nSPS) is 39.0. The maximum atomic E-state index is 14.4. The molecule has 0 saturated heterocycles. The summed E-state index contributed by atoms with van der Waals surface area (Å²) in [7, 11) is 0. The number of rotatable bonds is 6. The first kappa shape index (κ1) is 34.4. The van der Waals surface area contributed by atoms with Gasteiger partial charge in [-0.25, -0.2) is 9.59 Å². The molecule has 3 saturated carbocycles. The molecule has 5 rings (SSSR count). The van der Waals surface area contributed by atoms with Gasteiger partial charge < -0.3 is 34.6 Å². The van der Waals surface area contributed by atoms with Gasteiger partial charge in [-0.2, -0.15) is 0 Å². The summed E-state index contributed by atoms with van der Waals surface area (Å²) < 4.78 is 17.8. The molecule has 0 bridgehead atoms. The van der Waals surface area contributed by atoms with Crippen LogP contribution in [-0.2, 0) is 23.8 Å². The fourth-order valence-corrected chi connectivity index (χ4v) is 8.74. The number of benzene rings is 2. The highest BCUT2D eigenvalue weighted by molar-refractivity contribution is 5.98. The molecule has 3 fully saturated rings. The van der Waals surface area contributed by atoms with Crippen LogP contribution in [0.4, 0.5) is 0 Å². The van der Waals surface area contributed by atoms with Gasteiger partial charge in [0.25, 0.3) is 0 Å².